The molecule has 1 amide bonds. The van der Waals surface area contributed by atoms with Gasteiger partial charge in [0, 0.05) is 35.8 Å². The second-order valence-corrected chi connectivity index (χ2v) is 10.5. The lowest BCUT2D eigenvalue weighted by Crippen LogP contribution is -2.60. The van der Waals surface area contributed by atoms with Crippen LogP contribution in [0.15, 0.2) is 47.9 Å². The van der Waals surface area contributed by atoms with E-state index in [2.05, 4.69) is 15.6 Å². The highest BCUT2D eigenvalue weighted by molar-refractivity contribution is 6.40. The number of hydrogen-bond donors (Lipinski definition) is 3. The zero-order valence-electron chi connectivity index (χ0n) is 20.3. The summed E-state index contributed by atoms with van der Waals surface area (Å²) in [5.74, 6) is -1.28. The molecule has 0 aliphatic heterocycles. The van der Waals surface area contributed by atoms with Crippen LogP contribution in [0.1, 0.15) is 68.3 Å². The monoisotopic (exact) mass is 529 g/mol. The third kappa shape index (κ3) is 4.62. The van der Waals surface area contributed by atoms with Crippen molar-refractivity contribution in [2.45, 2.75) is 64.3 Å². The lowest BCUT2D eigenvalue weighted by Gasteiger charge is -2.49. The number of rotatable bonds is 8. The number of pyridine rings is 1. The van der Waals surface area contributed by atoms with Crippen LogP contribution in [0.4, 0.5) is 5.69 Å². The summed E-state index contributed by atoms with van der Waals surface area (Å²) < 4.78 is 0. The topological polar surface area (TPSA) is 108 Å². The standard InChI is InChI=1S/C27H29Cl2N3O4/c1-3-27(25(35)36,32-22-16(2)23(33)26(22)11-5-4-6-12-26)13-17-7-9-18(10-8-17)31-24(34)21-19(28)14-30-15-20(21)29/h7-10,14-15,32H,3-6,11-13H2,1-2H3,(H,31,34)(H,35,36)/t27-/m0/s1. The molecule has 0 saturated heterocycles. The van der Waals surface area contributed by atoms with E-state index < -0.39 is 22.8 Å². The molecule has 7 nitrogen and oxygen atoms in total. The van der Waals surface area contributed by atoms with Crippen molar-refractivity contribution in [1.29, 1.82) is 0 Å². The fraction of sp³-hybridized carbons (Fsp3) is 0.407. The van der Waals surface area contributed by atoms with E-state index in [0.717, 1.165) is 43.4 Å². The summed E-state index contributed by atoms with van der Waals surface area (Å²) in [6, 6.07) is 6.98. The van der Waals surface area contributed by atoms with Crippen LogP contribution in [-0.4, -0.2) is 33.3 Å². The number of aliphatic carboxylic acids is 1. The fourth-order valence-electron chi connectivity index (χ4n) is 5.38. The van der Waals surface area contributed by atoms with Gasteiger partial charge in [0.25, 0.3) is 5.91 Å². The van der Waals surface area contributed by atoms with Gasteiger partial charge in [-0.3, -0.25) is 14.6 Å². The molecule has 1 aromatic heterocycles. The maximum absolute atomic E-state index is 12.8. The van der Waals surface area contributed by atoms with Crippen molar-refractivity contribution < 1.29 is 19.5 Å². The van der Waals surface area contributed by atoms with Gasteiger partial charge < -0.3 is 15.7 Å². The van der Waals surface area contributed by atoms with Crippen LogP contribution < -0.4 is 10.6 Å². The van der Waals surface area contributed by atoms with Gasteiger partial charge >= 0.3 is 5.97 Å². The Morgan fingerprint density at radius 1 is 1.08 bits per heavy atom. The summed E-state index contributed by atoms with van der Waals surface area (Å²) >= 11 is 12.1. The number of carboxylic acids is 1. The van der Waals surface area contributed by atoms with Crippen molar-refractivity contribution in [1.82, 2.24) is 10.3 Å². The average Bonchev–Trinajstić information content (AvgIpc) is 2.87. The number of ketones is 1. The first kappa shape index (κ1) is 26.2. The molecule has 1 spiro atoms. The first-order valence-electron chi connectivity index (χ1n) is 12.1. The SMILES string of the molecule is CC[C@@](Cc1ccc(NC(=O)c2c(Cl)cncc2Cl)cc1)(NC1=C(C)C(=O)C12CCCCC2)C(=O)O. The van der Waals surface area contributed by atoms with Crippen molar-refractivity contribution in [3.63, 3.8) is 0 Å². The molecule has 2 aromatic rings. The maximum Gasteiger partial charge on any atom is 0.329 e. The number of benzene rings is 1. The van der Waals surface area contributed by atoms with Gasteiger partial charge in [-0.1, -0.05) is 61.5 Å². The van der Waals surface area contributed by atoms with Gasteiger partial charge in [0.1, 0.15) is 5.54 Å². The zero-order chi connectivity index (χ0) is 26.1. The van der Waals surface area contributed by atoms with E-state index in [1.165, 1.54) is 12.4 Å². The quantitative estimate of drug-likeness (QED) is 0.397. The number of carboxylic acid groups (broad SMARTS) is 1. The van der Waals surface area contributed by atoms with Gasteiger partial charge in [-0.15, -0.1) is 0 Å². The minimum atomic E-state index is -1.26. The molecule has 1 aromatic carbocycles. The number of halogens is 2. The first-order chi connectivity index (χ1) is 17.1. The first-order valence-corrected chi connectivity index (χ1v) is 12.9. The summed E-state index contributed by atoms with van der Waals surface area (Å²) in [6.45, 7) is 3.62. The molecular formula is C27H29Cl2N3O4. The third-order valence-corrected chi connectivity index (χ3v) is 8.08. The number of hydrogen-bond acceptors (Lipinski definition) is 5. The van der Waals surface area contributed by atoms with Crippen LogP contribution >= 0.6 is 23.2 Å². The Morgan fingerprint density at radius 3 is 2.25 bits per heavy atom. The highest BCUT2D eigenvalue weighted by Gasteiger charge is 2.54. The molecule has 2 aliphatic rings. The van der Waals surface area contributed by atoms with Gasteiger partial charge in [-0.05, 0) is 43.9 Å². The van der Waals surface area contributed by atoms with E-state index in [-0.39, 0.29) is 27.8 Å². The Balaban J connectivity index is 1.53. The minimum Gasteiger partial charge on any atom is -0.479 e. The second-order valence-electron chi connectivity index (χ2n) is 9.64. The normalized spacial score (nSPS) is 18.4. The molecule has 0 unspecified atom stereocenters. The molecule has 9 heteroatoms. The predicted molar refractivity (Wildman–Crippen MR) is 139 cm³/mol. The molecule has 1 atom stereocenters. The van der Waals surface area contributed by atoms with Crippen molar-refractivity contribution >= 4 is 46.5 Å². The molecule has 4 rings (SSSR count). The number of allylic oxidation sites excluding steroid dienone is 2. The summed E-state index contributed by atoms with van der Waals surface area (Å²) in [5, 5.41) is 16.7. The van der Waals surface area contributed by atoms with E-state index in [4.69, 9.17) is 23.2 Å². The molecule has 2 aliphatic carbocycles. The maximum atomic E-state index is 12.8. The molecule has 0 bridgehead atoms. The Morgan fingerprint density at radius 2 is 1.69 bits per heavy atom. The number of amides is 1. The highest BCUT2D eigenvalue weighted by atomic mass is 35.5. The van der Waals surface area contributed by atoms with E-state index in [1.54, 1.807) is 31.2 Å². The van der Waals surface area contributed by atoms with Gasteiger partial charge in [-0.25, -0.2) is 4.79 Å². The van der Waals surface area contributed by atoms with Gasteiger partial charge in [-0.2, -0.15) is 0 Å². The van der Waals surface area contributed by atoms with Crippen molar-refractivity contribution in [2.24, 2.45) is 5.41 Å². The van der Waals surface area contributed by atoms with Crippen molar-refractivity contribution in [3.05, 3.63) is 69.1 Å². The zero-order valence-corrected chi connectivity index (χ0v) is 21.8. The number of nitrogens with one attached hydrogen (secondary N) is 2. The number of Topliss-reactive ketones (excluding diaryl/α,β-unsaturated/α-hetero) is 1. The van der Waals surface area contributed by atoms with Crippen LogP contribution in [0.3, 0.4) is 0 Å². The molecular weight excluding hydrogens is 501 g/mol. The number of anilines is 1. The number of carbonyl (C=O) groups is 3. The number of nitrogens with zero attached hydrogens (tertiary/aromatic N) is 1. The molecule has 1 fully saturated rings. The Bertz CT molecular complexity index is 1220. The van der Waals surface area contributed by atoms with E-state index in [1.807, 2.05) is 6.92 Å². The van der Waals surface area contributed by atoms with Gasteiger partial charge in [0.2, 0.25) is 0 Å². The van der Waals surface area contributed by atoms with Crippen molar-refractivity contribution in [2.75, 3.05) is 5.32 Å². The molecule has 190 valence electrons. The van der Waals surface area contributed by atoms with Crippen LogP contribution in [0.2, 0.25) is 10.0 Å². The van der Waals surface area contributed by atoms with Crippen LogP contribution in [0, 0.1) is 5.41 Å². The van der Waals surface area contributed by atoms with Crippen LogP contribution in [0.5, 0.6) is 0 Å². The Hall–Kier alpha value is -2.90. The lowest BCUT2D eigenvalue weighted by molar-refractivity contribution is -0.145. The van der Waals surface area contributed by atoms with Crippen molar-refractivity contribution in [3.8, 4) is 0 Å². The van der Waals surface area contributed by atoms with Gasteiger partial charge in [0.15, 0.2) is 5.78 Å². The predicted octanol–water partition coefficient (Wildman–Crippen LogP) is 5.81. The summed E-state index contributed by atoms with van der Waals surface area (Å²) in [5.41, 5.74) is 1.06. The molecule has 36 heavy (non-hydrogen) atoms. The number of aromatic nitrogens is 1. The third-order valence-electron chi connectivity index (χ3n) is 7.51. The largest absolute Gasteiger partial charge is 0.479 e. The Kier molecular flexibility index (Phi) is 7.43. The summed E-state index contributed by atoms with van der Waals surface area (Å²) in [7, 11) is 0. The smallest absolute Gasteiger partial charge is 0.329 e. The van der Waals surface area contributed by atoms with E-state index in [9.17, 15) is 19.5 Å². The fourth-order valence-corrected chi connectivity index (χ4v) is 5.92. The minimum absolute atomic E-state index is 0.132. The van der Waals surface area contributed by atoms with Crippen LogP contribution in [0.25, 0.3) is 0 Å². The summed E-state index contributed by atoms with van der Waals surface area (Å²) in [4.78, 5) is 41.9. The second kappa shape index (κ2) is 10.2. The Labute approximate surface area is 220 Å². The molecule has 3 N–H and O–H groups in total. The van der Waals surface area contributed by atoms with E-state index >= 15 is 0 Å². The molecule has 1 heterocycles. The molecule has 1 saturated carbocycles. The molecule has 0 radical (unpaired) electrons. The summed E-state index contributed by atoms with van der Waals surface area (Å²) in [6.07, 6.45) is 7.82. The average molecular weight is 530 g/mol. The van der Waals surface area contributed by atoms with E-state index in [0.29, 0.717) is 17.7 Å². The number of carbonyl (C=O) groups excluding carboxylic acids is 2. The lowest BCUT2D eigenvalue weighted by atomic mass is 9.59. The van der Waals surface area contributed by atoms with Crippen LogP contribution in [-0.2, 0) is 16.0 Å². The highest BCUT2D eigenvalue weighted by Crippen LogP contribution is 2.52. The van der Waals surface area contributed by atoms with Gasteiger partial charge in [0.05, 0.1) is 21.0 Å².